The molecule has 0 nitrogen and oxygen atoms in total. The van der Waals surface area contributed by atoms with Gasteiger partial charge in [-0.05, 0) is 0 Å². The van der Waals surface area contributed by atoms with Gasteiger partial charge in [-0.25, -0.2) is 0 Å². The predicted molar refractivity (Wildman–Crippen MR) is 17.3 cm³/mol. The second kappa shape index (κ2) is 16.3. The van der Waals surface area contributed by atoms with Crippen LogP contribution in [0.1, 0.15) is 0 Å². The largest absolute Gasteiger partial charge is 0 e. The maximum absolute atomic E-state index is 0. The molecule has 0 unspecified atom stereocenters. The third kappa shape index (κ3) is 8.97. The summed E-state index contributed by atoms with van der Waals surface area (Å²) in [6, 6.07) is 0. The van der Waals surface area contributed by atoms with Crippen LogP contribution in [0.25, 0.3) is 0 Å². The third-order valence-electron chi connectivity index (χ3n) is 0. The van der Waals surface area contributed by atoms with E-state index in [1.807, 2.05) is 0 Å². The molecule has 0 saturated heterocycles. The van der Waals surface area contributed by atoms with Gasteiger partial charge in [0, 0.05) is 96.9 Å². The van der Waals surface area contributed by atoms with Crippen LogP contribution in [0, 0.1) is 0 Å². The molecule has 0 atom stereocenters. The first kappa shape index (κ1) is 26.9. The van der Waals surface area contributed by atoms with Gasteiger partial charge in [-0.15, -0.1) is 0 Å². The molecule has 0 aromatic rings. The molecule has 0 rings (SSSR count). The normalized spacial score (nSPS) is 0. The molecular formula is AgBiSbSn. The number of rotatable bonds is 0. The molecule has 0 aromatic carbocycles. The maximum atomic E-state index is 0. The molecule has 0 aromatic heterocycles. The minimum absolute atomic E-state index is 0. The fraction of sp³-hybridized carbons (Fsp3) is 0. The Morgan fingerprint density at radius 1 is 1.00 bits per heavy atom. The van der Waals surface area contributed by atoms with E-state index in [9.17, 15) is 0 Å². The van der Waals surface area contributed by atoms with Crippen molar-refractivity contribution in [3.8, 4) is 0 Å². The van der Waals surface area contributed by atoms with Crippen LogP contribution in [-0.4, -0.2) is 74.5 Å². The molecule has 0 amide bonds. The van der Waals surface area contributed by atoms with Crippen LogP contribution in [-0.2, 0) is 22.4 Å². The van der Waals surface area contributed by atoms with Crippen molar-refractivity contribution >= 4 is 74.5 Å². The van der Waals surface area contributed by atoms with Crippen molar-refractivity contribution in [2.45, 2.75) is 0 Å². The summed E-state index contributed by atoms with van der Waals surface area (Å²) in [5, 5.41) is 0. The third-order valence-corrected chi connectivity index (χ3v) is 0. The summed E-state index contributed by atoms with van der Waals surface area (Å²) in [6.45, 7) is 0. The van der Waals surface area contributed by atoms with Crippen LogP contribution >= 0.6 is 0 Å². The molecule has 0 heterocycles. The van der Waals surface area contributed by atoms with Crippen LogP contribution in [0.2, 0.25) is 0 Å². The smallest absolute Gasteiger partial charge is 0 e. The van der Waals surface area contributed by atoms with Crippen LogP contribution in [0.4, 0.5) is 0 Å². The van der Waals surface area contributed by atoms with Crippen molar-refractivity contribution in [2.24, 2.45) is 0 Å². The molecule has 0 aliphatic heterocycles. The molecule has 0 fully saturated rings. The van der Waals surface area contributed by atoms with Crippen molar-refractivity contribution in [1.29, 1.82) is 0 Å². The monoisotopic (exact) mass is 557 g/mol. The van der Waals surface area contributed by atoms with E-state index in [1.165, 1.54) is 0 Å². The van der Waals surface area contributed by atoms with Crippen molar-refractivity contribution in [1.82, 2.24) is 0 Å². The van der Waals surface area contributed by atoms with Gasteiger partial charge < -0.3 is 0 Å². The molecule has 0 aliphatic carbocycles. The Morgan fingerprint density at radius 2 is 1.00 bits per heavy atom. The fourth-order valence-electron chi connectivity index (χ4n) is 0. The molecular weight excluding hydrogens is 557 g/mol. The summed E-state index contributed by atoms with van der Waals surface area (Å²) < 4.78 is 0. The fourth-order valence-corrected chi connectivity index (χ4v) is 0. The van der Waals surface area contributed by atoms with E-state index >= 15 is 0 Å². The second-order valence-corrected chi connectivity index (χ2v) is 0. The Kier molecular flexibility index (Phi) is 110. The van der Waals surface area contributed by atoms with Crippen LogP contribution < -0.4 is 0 Å². The summed E-state index contributed by atoms with van der Waals surface area (Å²) in [5.74, 6) is 0. The summed E-state index contributed by atoms with van der Waals surface area (Å²) in [5.41, 5.74) is 0. The Labute approximate surface area is 94.9 Å². The first-order chi connectivity index (χ1) is 0. The minimum Gasteiger partial charge on any atom is 0 e. The van der Waals surface area contributed by atoms with Crippen LogP contribution in [0.15, 0.2) is 0 Å². The van der Waals surface area contributed by atoms with E-state index in [2.05, 4.69) is 0 Å². The molecule has 0 aliphatic rings. The van der Waals surface area contributed by atoms with E-state index < -0.39 is 0 Å². The van der Waals surface area contributed by atoms with Gasteiger partial charge in [-0.2, -0.15) is 0 Å². The zero-order valence-corrected chi connectivity index (χ0v) is 12.1. The van der Waals surface area contributed by atoms with Crippen molar-refractivity contribution in [3.05, 3.63) is 0 Å². The summed E-state index contributed by atoms with van der Waals surface area (Å²) >= 11 is 0. The maximum Gasteiger partial charge on any atom is 0 e. The van der Waals surface area contributed by atoms with Gasteiger partial charge in [0.2, 0.25) is 0 Å². The predicted octanol–water partition coefficient (Wildman–Crippen LogP) is -1.14. The van der Waals surface area contributed by atoms with E-state index in [0.717, 1.165) is 0 Å². The summed E-state index contributed by atoms with van der Waals surface area (Å²) in [4.78, 5) is 0. The molecule has 0 N–H and O–H groups in total. The second-order valence-electron chi connectivity index (χ2n) is 0. The van der Waals surface area contributed by atoms with Crippen molar-refractivity contribution in [2.75, 3.05) is 0 Å². The van der Waals surface area contributed by atoms with Gasteiger partial charge in [0.05, 0.1) is 0 Å². The Morgan fingerprint density at radius 3 is 1.00 bits per heavy atom. The summed E-state index contributed by atoms with van der Waals surface area (Å²) in [7, 11) is 0. The van der Waals surface area contributed by atoms with Gasteiger partial charge in [0.15, 0.2) is 0 Å². The zero-order chi connectivity index (χ0) is 0. The van der Waals surface area contributed by atoms with Crippen LogP contribution in [0.5, 0.6) is 0 Å². The number of hydrogen-bond acceptors (Lipinski definition) is 0. The average Bonchev–Trinajstić information content (AvgIpc) is 0. The Hall–Kier alpha value is 3.24. The number of hydrogen-bond donors (Lipinski definition) is 0. The molecule has 25 valence electrons. The standard InChI is InChI=1S/Ag.Bi.Sb.Sn. The summed E-state index contributed by atoms with van der Waals surface area (Å²) in [6.07, 6.45) is 0. The van der Waals surface area contributed by atoms with Gasteiger partial charge >= 0.3 is 0 Å². The average molecular weight is 557 g/mol. The minimum atomic E-state index is 0. The van der Waals surface area contributed by atoms with E-state index in [4.69, 9.17) is 0 Å². The van der Waals surface area contributed by atoms with E-state index in [-0.39, 0.29) is 96.9 Å². The zero-order valence-electron chi connectivity index (χ0n) is 1.70. The molecule has 0 spiro atoms. The van der Waals surface area contributed by atoms with Crippen LogP contribution in [0.3, 0.4) is 0 Å². The molecule has 11 radical (unpaired) electrons. The Bertz CT molecular complexity index is 8.00. The van der Waals surface area contributed by atoms with Gasteiger partial charge in [0.25, 0.3) is 0 Å². The Balaban J connectivity index is 0. The molecule has 4 heavy (non-hydrogen) atoms. The first-order valence-electron chi connectivity index (χ1n) is 0. The topological polar surface area (TPSA) is 0 Å². The molecule has 0 saturated carbocycles. The molecule has 4 heteroatoms. The van der Waals surface area contributed by atoms with Gasteiger partial charge in [-0.3, -0.25) is 0 Å². The quantitative estimate of drug-likeness (QED) is 0.331. The van der Waals surface area contributed by atoms with E-state index in [1.54, 1.807) is 0 Å². The SMILES string of the molecule is [Ag].[Bi].[Sb].[Sn]. The van der Waals surface area contributed by atoms with Crippen molar-refractivity contribution < 1.29 is 22.4 Å². The van der Waals surface area contributed by atoms with Gasteiger partial charge in [-0.1, -0.05) is 0 Å². The van der Waals surface area contributed by atoms with Gasteiger partial charge in [0.1, 0.15) is 0 Å². The van der Waals surface area contributed by atoms with Crippen molar-refractivity contribution in [3.63, 3.8) is 0 Å². The molecule has 0 bridgehead atoms. The van der Waals surface area contributed by atoms with E-state index in [0.29, 0.717) is 0 Å². The first-order valence-corrected chi connectivity index (χ1v) is 0.